The Bertz CT molecular complexity index is 419. The monoisotopic (exact) mass is 281 g/mol. The van der Waals surface area contributed by atoms with Gasteiger partial charge in [-0.25, -0.2) is 4.98 Å². The van der Waals surface area contributed by atoms with Crippen molar-refractivity contribution in [3.05, 3.63) is 16.1 Å². The fourth-order valence-electron chi connectivity index (χ4n) is 2.47. The second-order valence-corrected chi connectivity index (χ2v) is 6.33. The highest BCUT2D eigenvalue weighted by molar-refractivity contribution is 7.09. The van der Waals surface area contributed by atoms with Gasteiger partial charge in [0.1, 0.15) is 0 Å². The molecule has 0 bridgehead atoms. The van der Waals surface area contributed by atoms with E-state index in [4.69, 9.17) is 0 Å². The molecule has 0 radical (unpaired) electrons. The number of rotatable bonds is 5. The van der Waals surface area contributed by atoms with Crippen LogP contribution in [0.15, 0.2) is 5.38 Å². The number of nitrogens with one attached hydrogen (secondary N) is 2. The first kappa shape index (κ1) is 14.5. The standard InChI is InChI=1S/C14H23N3OS/c1-10-13(6-4-8-15-10)17-14(18)7-3-5-12-9-19-11(2)16-12/h9-10,13,15H,3-8H2,1-2H3,(H,17,18). The number of aryl methyl sites for hydroxylation is 2. The molecule has 2 unspecified atom stereocenters. The lowest BCUT2D eigenvalue weighted by atomic mass is 9.99. The van der Waals surface area contributed by atoms with Gasteiger partial charge in [0, 0.05) is 23.9 Å². The van der Waals surface area contributed by atoms with Gasteiger partial charge in [-0.2, -0.15) is 0 Å². The minimum Gasteiger partial charge on any atom is -0.352 e. The Morgan fingerprint density at radius 2 is 2.47 bits per heavy atom. The van der Waals surface area contributed by atoms with Crippen LogP contribution in [0.5, 0.6) is 0 Å². The van der Waals surface area contributed by atoms with Crippen LogP contribution in [-0.2, 0) is 11.2 Å². The van der Waals surface area contributed by atoms with Gasteiger partial charge in [-0.15, -0.1) is 11.3 Å². The van der Waals surface area contributed by atoms with Gasteiger partial charge in [0.2, 0.25) is 5.91 Å². The zero-order valence-electron chi connectivity index (χ0n) is 11.7. The van der Waals surface area contributed by atoms with Crippen molar-refractivity contribution < 1.29 is 4.79 Å². The van der Waals surface area contributed by atoms with E-state index in [0.717, 1.165) is 42.9 Å². The summed E-state index contributed by atoms with van der Waals surface area (Å²) in [6, 6.07) is 0.682. The Hall–Kier alpha value is -0.940. The summed E-state index contributed by atoms with van der Waals surface area (Å²) in [7, 11) is 0. The molecule has 2 heterocycles. The lowest BCUT2D eigenvalue weighted by Gasteiger charge is -2.30. The van der Waals surface area contributed by atoms with Gasteiger partial charge in [-0.05, 0) is 46.1 Å². The zero-order chi connectivity index (χ0) is 13.7. The summed E-state index contributed by atoms with van der Waals surface area (Å²) in [6.07, 6.45) is 4.61. The molecule has 0 saturated carbocycles. The van der Waals surface area contributed by atoms with E-state index in [-0.39, 0.29) is 5.91 Å². The summed E-state index contributed by atoms with van der Waals surface area (Å²) in [5.74, 6) is 0.174. The van der Waals surface area contributed by atoms with E-state index >= 15 is 0 Å². The first-order chi connectivity index (χ1) is 9.15. The summed E-state index contributed by atoms with van der Waals surface area (Å²) >= 11 is 1.67. The molecule has 2 rings (SSSR count). The Labute approximate surface area is 119 Å². The summed E-state index contributed by atoms with van der Waals surface area (Å²) in [6.45, 7) is 5.22. The Balaban J connectivity index is 1.66. The Morgan fingerprint density at radius 3 is 3.16 bits per heavy atom. The highest BCUT2D eigenvalue weighted by Crippen LogP contribution is 2.11. The SMILES string of the molecule is Cc1nc(CCCC(=O)NC2CCCNC2C)cs1. The largest absolute Gasteiger partial charge is 0.352 e. The second kappa shape index (κ2) is 7.01. The van der Waals surface area contributed by atoms with Crippen LogP contribution >= 0.6 is 11.3 Å². The minimum absolute atomic E-state index is 0.174. The van der Waals surface area contributed by atoms with E-state index in [1.165, 1.54) is 0 Å². The summed E-state index contributed by atoms with van der Waals surface area (Å²) < 4.78 is 0. The molecule has 1 aromatic rings. The average molecular weight is 281 g/mol. The van der Waals surface area contributed by atoms with Crippen LogP contribution in [0.2, 0.25) is 0 Å². The van der Waals surface area contributed by atoms with Crippen LogP contribution in [0, 0.1) is 6.92 Å². The van der Waals surface area contributed by atoms with Crippen molar-refractivity contribution in [3.8, 4) is 0 Å². The van der Waals surface area contributed by atoms with Crippen molar-refractivity contribution in [2.24, 2.45) is 0 Å². The Morgan fingerprint density at radius 1 is 1.63 bits per heavy atom. The minimum atomic E-state index is 0.174. The number of carbonyl (C=O) groups excluding carboxylic acids is 1. The van der Waals surface area contributed by atoms with E-state index in [9.17, 15) is 4.79 Å². The van der Waals surface area contributed by atoms with E-state index < -0.39 is 0 Å². The van der Waals surface area contributed by atoms with Crippen LogP contribution in [0.1, 0.15) is 43.3 Å². The number of aromatic nitrogens is 1. The summed E-state index contributed by atoms with van der Waals surface area (Å²) in [4.78, 5) is 16.3. The highest BCUT2D eigenvalue weighted by atomic mass is 32.1. The molecule has 1 saturated heterocycles. The van der Waals surface area contributed by atoms with Crippen molar-refractivity contribution in [3.63, 3.8) is 0 Å². The van der Waals surface area contributed by atoms with Crippen LogP contribution in [0.3, 0.4) is 0 Å². The van der Waals surface area contributed by atoms with E-state index in [2.05, 4.69) is 27.9 Å². The number of thiazole rings is 1. The van der Waals surface area contributed by atoms with Gasteiger partial charge < -0.3 is 10.6 Å². The third kappa shape index (κ3) is 4.58. The normalized spacial score (nSPS) is 23.3. The molecule has 19 heavy (non-hydrogen) atoms. The van der Waals surface area contributed by atoms with Gasteiger partial charge in [-0.1, -0.05) is 0 Å². The summed E-state index contributed by atoms with van der Waals surface area (Å²) in [5, 5.41) is 9.72. The predicted octanol–water partition coefficient (Wildman–Crippen LogP) is 2.03. The highest BCUT2D eigenvalue weighted by Gasteiger charge is 2.21. The number of amides is 1. The van der Waals surface area contributed by atoms with E-state index in [0.29, 0.717) is 18.5 Å². The third-order valence-corrected chi connectivity index (χ3v) is 4.43. The van der Waals surface area contributed by atoms with Crippen molar-refractivity contribution in [2.45, 2.75) is 58.0 Å². The number of hydrogen-bond donors (Lipinski definition) is 2. The van der Waals surface area contributed by atoms with Crippen molar-refractivity contribution in [1.29, 1.82) is 0 Å². The van der Waals surface area contributed by atoms with Gasteiger partial charge in [0.05, 0.1) is 10.7 Å². The Kier molecular flexibility index (Phi) is 5.34. The van der Waals surface area contributed by atoms with Crippen LogP contribution in [0.4, 0.5) is 0 Å². The van der Waals surface area contributed by atoms with E-state index in [1.807, 2.05) is 6.92 Å². The van der Waals surface area contributed by atoms with Crippen molar-refractivity contribution >= 4 is 17.2 Å². The van der Waals surface area contributed by atoms with Gasteiger partial charge in [0.25, 0.3) is 0 Å². The maximum Gasteiger partial charge on any atom is 0.220 e. The lowest BCUT2D eigenvalue weighted by molar-refractivity contribution is -0.122. The molecule has 2 N–H and O–H groups in total. The molecule has 5 heteroatoms. The number of hydrogen-bond acceptors (Lipinski definition) is 4. The van der Waals surface area contributed by atoms with Crippen LogP contribution in [-0.4, -0.2) is 29.5 Å². The van der Waals surface area contributed by atoms with Gasteiger partial charge in [-0.3, -0.25) is 4.79 Å². The van der Waals surface area contributed by atoms with Crippen molar-refractivity contribution in [1.82, 2.24) is 15.6 Å². The third-order valence-electron chi connectivity index (χ3n) is 3.61. The molecule has 1 aromatic heterocycles. The molecule has 0 spiro atoms. The lowest BCUT2D eigenvalue weighted by Crippen LogP contribution is -2.51. The first-order valence-corrected chi connectivity index (χ1v) is 7.97. The quantitative estimate of drug-likeness (QED) is 0.868. The molecule has 1 amide bonds. The second-order valence-electron chi connectivity index (χ2n) is 5.27. The first-order valence-electron chi connectivity index (χ1n) is 7.09. The molecule has 4 nitrogen and oxygen atoms in total. The molecule has 0 aliphatic carbocycles. The molecule has 106 valence electrons. The molecular formula is C14H23N3OS. The van der Waals surface area contributed by atoms with Crippen LogP contribution < -0.4 is 10.6 Å². The smallest absolute Gasteiger partial charge is 0.220 e. The summed E-state index contributed by atoms with van der Waals surface area (Å²) in [5.41, 5.74) is 1.11. The van der Waals surface area contributed by atoms with Crippen molar-refractivity contribution in [2.75, 3.05) is 6.54 Å². The zero-order valence-corrected chi connectivity index (χ0v) is 12.6. The molecule has 1 aliphatic rings. The molecule has 2 atom stereocenters. The molecule has 0 aromatic carbocycles. The molecular weight excluding hydrogens is 258 g/mol. The average Bonchev–Trinajstić information content (AvgIpc) is 2.78. The number of nitrogens with zero attached hydrogens (tertiary/aromatic N) is 1. The van der Waals surface area contributed by atoms with Gasteiger partial charge in [0.15, 0.2) is 0 Å². The number of carbonyl (C=O) groups is 1. The van der Waals surface area contributed by atoms with Gasteiger partial charge >= 0.3 is 0 Å². The fourth-order valence-corrected chi connectivity index (χ4v) is 3.12. The van der Waals surface area contributed by atoms with E-state index in [1.54, 1.807) is 11.3 Å². The maximum atomic E-state index is 11.9. The topological polar surface area (TPSA) is 54.0 Å². The fraction of sp³-hybridized carbons (Fsp3) is 0.714. The number of piperidine rings is 1. The van der Waals surface area contributed by atoms with Crippen LogP contribution in [0.25, 0.3) is 0 Å². The molecule has 1 aliphatic heterocycles. The molecule has 1 fully saturated rings. The predicted molar refractivity (Wildman–Crippen MR) is 78.4 cm³/mol. The maximum absolute atomic E-state index is 11.9.